The molecule has 0 unspecified atom stereocenters. The van der Waals surface area contributed by atoms with Gasteiger partial charge in [0.25, 0.3) is 0 Å². The Morgan fingerprint density at radius 1 is 1.13 bits per heavy atom. The quantitative estimate of drug-likeness (QED) is 0.737. The van der Waals surface area contributed by atoms with Crippen molar-refractivity contribution in [3.63, 3.8) is 0 Å². The third-order valence-electron chi connectivity index (χ3n) is 5.89. The number of rotatable bonds is 7. The summed E-state index contributed by atoms with van der Waals surface area (Å²) in [6.07, 6.45) is 0.312. The van der Waals surface area contributed by atoms with Gasteiger partial charge in [-0.05, 0) is 28.8 Å². The molecule has 1 saturated heterocycles. The lowest BCUT2D eigenvalue weighted by Crippen LogP contribution is -2.48. The smallest absolute Gasteiger partial charge is 0.247 e. The first-order valence-corrected chi connectivity index (χ1v) is 10.7. The summed E-state index contributed by atoms with van der Waals surface area (Å²) in [7, 11) is 1.60. The number of benzene rings is 2. The maximum Gasteiger partial charge on any atom is 0.247 e. The van der Waals surface area contributed by atoms with Gasteiger partial charge in [0.05, 0.1) is 26.2 Å². The molecule has 0 aromatic heterocycles. The number of carbonyl (C=O) groups is 2. The molecule has 1 fully saturated rings. The van der Waals surface area contributed by atoms with Crippen molar-refractivity contribution in [2.24, 2.45) is 0 Å². The summed E-state index contributed by atoms with van der Waals surface area (Å²) in [5, 5.41) is 3.03. The first kappa shape index (κ1) is 21.3. The van der Waals surface area contributed by atoms with Crippen molar-refractivity contribution in [1.29, 1.82) is 0 Å². The lowest BCUT2D eigenvalue weighted by molar-refractivity contribution is -0.142. The predicted molar refractivity (Wildman–Crippen MR) is 118 cm³/mol. The zero-order valence-corrected chi connectivity index (χ0v) is 17.9. The molecule has 7 nitrogen and oxygen atoms in total. The summed E-state index contributed by atoms with van der Waals surface area (Å²) in [6.45, 7) is 4.47. The van der Waals surface area contributed by atoms with Crippen molar-refractivity contribution < 1.29 is 19.1 Å². The van der Waals surface area contributed by atoms with E-state index in [1.165, 1.54) is 0 Å². The standard InChI is InChI=1S/C24H29N3O4/c1-30-13-12-27-22(28)16-19-4-2-3-5-21(19)23(27)24(29)25-17-18-6-8-20(9-7-18)26-10-14-31-15-11-26/h2-9,23H,10-17H2,1H3,(H,25,29)/t23-/m1/s1. The minimum Gasteiger partial charge on any atom is -0.383 e. The van der Waals surface area contributed by atoms with Crippen molar-refractivity contribution in [2.75, 3.05) is 51.5 Å². The third kappa shape index (κ3) is 4.89. The first-order chi connectivity index (χ1) is 15.2. The molecule has 1 N–H and O–H groups in total. The fourth-order valence-corrected chi connectivity index (χ4v) is 4.20. The number of anilines is 1. The lowest BCUT2D eigenvalue weighted by atomic mass is 9.91. The van der Waals surface area contributed by atoms with E-state index >= 15 is 0 Å². The number of fused-ring (bicyclic) bond motifs is 1. The Morgan fingerprint density at radius 3 is 2.61 bits per heavy atom. The van der Waals surface area contributed by atoms with Crippen LogP contribution < -0.4 is 10.2 Å². The molecule has 2 amide bonds. The lowest BCUT2D eigenvalue weighted by Gasteiger charge is -2.36. The molecule has 164 valence electrons. The number of methoxy groups -OCH3 is 1. The van der Waals surface area contributed by atoms with Crippen LogP contribution in [0.25, 0.3) is 0 Å². The molecule has 0 radical (unpaired) electrons. The van der Waals surface area contributed by atoms with Crippen molar-refractivity contribution in [3.05, 3.63) is 65.2 Å². The summed E-state index contributed by atoms with van der Waals surface area (Å²) < 4.78 is 10.6. The molecule has 2 aliphatic heterocycles. The van der Waals surface area contributed by atoms with Crippen molar-refractivity contribution >= 4 is 17.5 Å². The molecule has 0 aliphatic carbocycles. The van der Waals surface area contributed by atoms with Gasteiger partial charge in [-0.1, -0.05) is 36.4 Å². The number of amides is 2. The fraction of sp³-hybridized carbons (Fsp3) is 0.417. The summed E-state index contributed by atoms with van der Waals surface area (Å²) in [5.41, 5.74) is 3.98. The molecular weight excluding hydrogens is 394 g/mol. The van der Waals surface area contributed by atoms with Crippen LogP contribution in [0.4, 0.5) is 5.69 Å². The van der Waals surface area contributed by atoms with Crippen LogP contribution >= 0.6 is 0 Å². The molecule has 4 rings (SSSR count). The van der Waals surface area contributed by atoms with Crippen LogP contribution in [0.3, 0.4) is 0 Å². The zero-order valence-electron chi connectivity index (χ0n) is 17.9. The molecule has 0 spiro atoms. The van der Waals surface area contributed by atoms with Crippen LogP contribution in [0.5, 0.6) is 0 Å². The van der Waals surface area contributed by atoms with Gasteiger partial charge in [0.2, 0.25) is 11.8 Å². The highest BCUT2D eigenvalue weighted by Gasteiger charge is 2.36. The second kappa shape index (κ2) is 9.94. The van der Waals surface area contributed by atoms with Crippen molar-refractivity contribution in [3.8, 4) is 0 Å². The number of nitrogens with one attached hydrogen (secondary N) is 1. The molecule has 2 aliphatic rings. The first-order valence-electron chi connectivity index (χ1n) is 10.7. The fourth-order valence-electron chi connectivity index (χ4n) is 4.20. The van der Waals surface area contributed by atoms with E-state index in [0.717, 1.165) is 48.7 Å². The van der Waals surface area contributed by atoms with Crippen LogP contribution in [0.1, 0.15) is 22.7 Å². The van der Waals surface area contributed by atoms with Crippen LogP contribution in [0, 0.1) is 0 Å². The summed E-state index contributed by atoms with van der Waals surface area (Å²) in [4.78, 5) is 29.8. The summed E-state index contributed by atoms with van der Waals surface area (Å²) in [6, 6.07) is 15.3. The van der Waals surface area contributed by atoms with Gasteiger partial charge >= 0.3 is 0 Å². The van der Waals surface area contributed by atoms with Gasteiger partial charge in [0.15, 0.2) is 0 Å². The number of ether oxygens (including phenoxy) is 2. The summed E-state index contributed by atoms with van der Waals surface area (Å²) >= 11 is 0. The van der Waals surface area contributed by atoms with Gasteiger partial charge in [-0.15, -0.1) is 0 Å². The summed E-state index contributed by atoms with van der Waals surface area (Å²) in [5.74, 6) is -0.223. The highest BCUT2D eigenvalue weighted by atomic mass is 16.5. The van der Waals surface area contributed by atoms with E-state index in [2.05, 4.69) is 22.3 Å². The Hall–Kier alpha value is -2.90. The average molecular weight is 424 g/mol. The van der Waals surface area contributed by atoms with Crippen LogP contribution in [-0.4, -0.2) is 63.3 Å². The van der Waals surface area contributed by atoms with Gasteiger partial charge in [0, 0.05) is 39.0 Å². The maximum absolute atomic E-state index is 13.2. The molecule has 31 heavy (non-hydrogen) atoms. The second-order valence-corrected chi connectivity index (χ2v) is 7.84. The van der Waals surface area contributed by atoms with E-state index in [0.29, 0.717) is 26.1 Å². The Balaban J connectivity index is 1.45. The van der Waals surface area contributed by atoms with E-state index in [1.54, 1.807) is 12.0 Å². The average Bonchev–Trinajstić information content (AvgIpc) is 2.82. The highest BCUT2D eigenvalue weighted by Crippen LogP contribution is 2.30. The molecule has 0 bridgehead atoms. The van der Waals surface area contributed by atoms with E-state index in [1.807, 2.05) is 36.4 Å². The van der Waals surface area contributed by atoms with Gasteiger partial charge in [0.1, 0.15) is 6.04 Å². The number of nitrogens with zero attached hydrogens (tertiary/aromatic N) is 2. The monoisotopic (exact) mass is 423 g/mol. The molecule has 1 atom stereocenters. The van der Waals surface area contributed by atoms with Crippen molar-refractivity contribution in [2.45, 2.75) is 19.0 Å². The molecule has 2 aromatic carbocycles. The van der Waals surface area contributed by atoms with Crippen LogP contribution in [0.2, 0.25) is 0 Å². The van der Waals surface area contributed by atoms with Gasteiger partial charge < -0.3 is 24.6 Å². The van der Waals surface area contributed by atoms with E-state index in [9.17, 15) is 9.59 Å². The van der Waals surface area contributed by atoms with Gasteiger partial charge in [-0.3, -0.25) is 9.59 Å². The SMILES string of the molecule is COCCN1C(=O)Cc2ccccc2[C@@H]1C(=O)NCc1ccc(N2CCOCC2)cc1. The Labute approximate surface area is 182 Å². The third-order valence-corrected chi connectivity index (χ3v) is 5.89. The maximum atomic E-state index is 13.2. The number of carbonyl (C=O) groups excluding carboxylic acids is 2. The number of hydrogen-bond donors (Lipinski definition) is 1. The van der Waals surface area contributed by atoms with E-state index in [-0.39, 0.29) is 11.8 Å². The van der Waals surface area contributed by atoms with Gasteiger partial charge in [-0.25, -0.2) is 0 Å². The molecule has 0 saturated carbocycles. The van der Waals surface area contributed by atoms with Crippen molar-refractivity contribution in [1.82, 2.24) is 10.2 Å². The highest BCUT2D eigenvalue weighted by molar-refractivity contribution is 5.92. The van der Waals surface area contributed by atoms with E-state index < -0.39 is 6.04 Å². The molecule has 2 aromatic rings. The topological polar surface area (TPSA) is 71.1 Å². The minimum absolute atomic E-state index is 0.0502. The van der Waals surface area contributed by atoms with Gasteiger partial charge in [-0.2, -0.15) is 0 Å². The van der Waals surface area contributed by atoms with E-state index in [4.69, 9.17) is 9.47 Å². The molecule has 2 heterocycles. The number of hydrogen-bond acceptors (Lipinski definition) is 5. The predicted octanol–water partition coefficient (Wildman–Crippen LogP) is 1.91. The zero-order chi connectivity index (χ0) is 21.6. The Morgan fingerprint density at radius 2 is 1.87 bits per heavy atom. The minimum atomic E-state index is -0.639. The molecular formula is C24H29N3O4. The Bertz CT molecular complexity index is 909. The largest absolute Gasteiger partial charge is 0.383 e. The second-order valence-electron chi connectivity index (χ2n) is 7.84. The van der Waals surface area contributed by atoms with Crippen LogP contribution in [0.15, 0.2) is 48.5 Å². The molecule has 7 heteroatoms. The van der Waals surface area contributed by atoms with Crippen LogP contribution in [-0.2, 0) is 32.0 Å². The Kier molecular flexibility index (Phi) is 6.84. The normalized spacial score (nSPS) is 18.6. The number of morpholine rings is 1.